The van der Waals surface area contributed by atoms with E-state index in [-0.39, 0.29) is 5.78 Å². The van der Waals surface area contributed by atoms with Crippen LogP contribution in [-0.2, 0) is 0 Å². The largest absolute Gasteiger partial charge is 0.293 e. The molecule has 0 aliphatic carbocycles. The van der Waals surface area contributed by atoms with E-state index >= 15 is 0 Å². The van der Waals surface area contributed by atoms with E-state index in [0.717, 1.165) is 37.6 Å². The first kappa shape index (κ1) is 19.7. The van der Waals surface area contributed by atoms with Crippen molar-refractivity contribution in [2.24, 2.45) is 0 Å². The number of hydrogen-bond acceptors (Lipinski definition) is 6. The summed E-state index contributed by atoms with van der Waals surface area (Å²) in [5.41, 5.74) is 6.95. The smallest absolute Gasteiger partial charge is 0.173 e. The molecule has 4 nitrogen and oxygen atoms in total. The molecule has 6 heteroatoms. The summed E-state index contributed by atoms with van der Waals surface area (Å²) in [6.07, 6.45) is 0. The first-order valence-electron chi connectivity index (χ1n) is 9.36. The molecule has 29 heavy (non-hydrogen) atoms. The fourth-order valence-electron chi connectivity index (χ4n) is 3.05. The Morgan fingerprint density at radius 2 is 1.72 bits per heavy atom. The molecule has 0 N–H and O–H groups in total. The highest BCUT2D eigenvalue weighted by Gasteiger charge is 2.17. The lowest BCUT2D eigenvalue weighted by Crippen LogP contribution is -2.04. The first-order valence-corrected chi connectivity index (χ1v) is 11.2. The maximum Gasteiger partial charge on any atom is 0.173 e. The number of nitrogens with zero attached hydrogens (tertiary/aromatic N) is 3. The van der Waals surface area contributed by atoms with E-state index < -0.39 is 0 Å². The summed E-state index contributed by atoms with van der Waals surface area (Å²) in [6.45, 7) is 8.12. The van der Waals surface area contributed by atoms with Gasteiger partial charge in [-0.25, -0.2) is 4.98 Å². The van der Waals surface area contributed by atoms with Gasteiger partial charge in [0.15, 0.2) is 5.78 Å². The normalized spacial score (nSPS) is 11.2. The number of hydrogen-bond donors (Lipinski definition) is 0. The molecule has 0 fully saturated rings. The Kier molecular flexibility index (Phi) is 5.48. The monoisotopic (exact) mass is 419 g/mol. The third kappa shape index (κ3) is 4.09. The van der Waals surface area contributed by atoms with Crippen LogP contribution < -0.4 is 0 Å². The van der Waals surface area contributed by atoms with Gasteiger partial charge in [-0.2, -0.15) is 0 Å². The van der Waals surface area contributed by atoms with Crippen molar-refractivity contribution in [1.82, 2.24) is 15.2 Å². The Morgan fingerprint density at radius 3 is 2.45 bits per heavy atom. The lowest BCUT2D eigenvalue weighted by molar-refractivity contribution is 0.102. The quantitative estimate of drug-likeness (QED) is 0.295. The van der Waals surface area contributed by atoms with E-state index in [0.29, 0.717) is 10.8 Å². The molecule has 0 aliphatic heterocycles. The van der Waals surface area contributed by atoms with Gasteiger partial charge < -0.3 is 0 Å². The second kappa shape index (κ2) is 8.05. The van der Waals surface area contributed by atoms with Crippen LogP contribution in [0, 0.1) is 27.7 Å². The number of rotatable bonds is 5. The van der Waals surface area contributed by atoms with Crippen LogP contribution in [0.4, 0.5) is 0 Å². The third-order valence-corrected chi connectivity index (χ3v) is 6.82. The molecule has 0 bridgehead atoms. The van der Waals surface area contributed by atoms with Gasteiger partial charge in [-0.15, -0.1) is 21.5 Å². The van der Waals surface area contributed by atoms with E-state index in [1.165, 1.54) is 22.9 Å². The standard InChI is InChI=1S/C23H21N3OS2/c1-13-5-8-17(9-6-13)20-22-21(24-16(4)29-22)23(26-25-20)28-12-19(27)18-10-7-14(2)15(3)11-18/h5-11H,12H2,1-4H3. The summed E-state index contributed by atoms with van der Waals surface area (Å²) in [7, 11) is 0. The Balaban J connectivity index is 1.63. The number of carbonyl (C=O) groups is 1. The van der Waals surface area contributed by atoms with Crippen molar-refractivity contribution in [2.75, 3.05) is 5.75 Å². The molecule has 0 atom stereocenters. The Morgan fingerprint density at radius 1 is 0.966 bits per heavy atom. The molecule has 0 unspecified atom stereocenters. The van der Waals surface area contributed by atoms with Gasteiger partial charge >= 0.3 is 0 Å². The fourth-order valence-corrected chi connectivity index (χ4v) is 4.86. The zero-order valence-electron chi connectivity index (χ0n) is 16.8. The van der Waals surface area contributed by atoms with Gasteiger partial charge in [-0.3, -0.25) is 4.79 Å². The number of ketones is 1. The highest BCUT2D eigenvalue weighted by atomic mass is 32.2. The van der Waals surface area contributed by atoms with Crippen LogP contribution in [0.3, 0.4) is 0 Å². The Labute approximate surface area is 178 Å². The molecular formula is C23H21N3OS2. The summed E-state index contributed by atoms with van der Waals surface area (Å²) in [5, 5.41) is 10.6. The number of aromatic nitrogens is 3. The van der Waals surface area contributed by atoms with Crippen LogP contribution in [0.15, 0.2) is 47.5 Å². The van der Waals surface area contributed by atoms with Gasteiger partial charge in [0.25, 0.3) is 0 Å². The zero-order valence-corrected chi connectivity index (χ0v) is 18.4. The average molecular weight is 420 g/mol. The minimum absolute atomic E-state index is 0.0858. The molecule has 0 aliphatic rings. The van der Waals surface area contributed by atoms with Crippen molar-refractivity contribution in [3.63, 3.8) is 0 Å². The van der Waals surface area contributed by atoms with Crippen molar-refractivity contribution in [2.45, 2.75) is 32.7 Å². The van der Waals surface area contributed by atoms with Crippen molar-refractivity contribution in [3.05, 3.63) is 69.7 Å². The zero-order chi connectivity index (χ0) is 20.5. The number of fused-ring (bicyclic) bond motifs is 1. The van der Waals surface area contributed by atoms with Crippen LogP contribution in [0.5, 0.6) is 0 Å². The van der Waals surface area contributed by atoms with Gasteiger partial charge in [0, 0.05) is 11.1 Å². The number of carbonyl (C=O) groups excluding carboxylic acids is 1. The highest BCUT2D eigenvalue weighted by molar-refractivity contribution is 8.00. The third-order valence-electron chi connectivity index (χ3n) is 4.89. The van der Waals surface area contributed by atoms with Crippen molar-refractivity contribution >= 4 is 39.1 Å². The lowest BCUT2D eigenvalue weighted by Gasteiger charge is -2.06. The van der Waals surface area contributed by atoms with Gasteiger partial charge in [-0.1, -0.05) is 53.7 Å². The summed E-state index contributed by atoms with van der Waals surface area (Å²) in [5.74, 6) is 0.398. The molecule has 146 valence electrons. The van der Waals surface area contributed by atoms with Crippen molar-refractivity contribution in [1.29, 1.82) is 0 Å². The Bertz CT molecular complexity index is 1210. The van der Waals surface area contributed by atoms with E-state index in [1.807, 2.05) is 39.0 Å². The summed E-state index contributed by atoms with van der Waals surface area (Å²) < 4.78 is 1.02. The molecule has 2 aromatic heterocycles. The van der Waals surface area contributed by atoms with Crippen LogP contribution >= 0.6 is 23.1 Å². The van der Waals surface area contributed by atoms with Crippen LogP contribution in [0.1, 0.15) is 32.1 Å². The Hall–Kier alpha value is -2.57. The fraction of sp³-hybridized carbons (Fsp3) is 0.217. The maximum absolute atomic E-state index is 12.7. The summed E-state index contributed by atoms with van der Waals surface area (Å²) >= 11 is 3.02. The molecule has 4 aromatic rings. The minimum atomic E-state index is 0.0858. The number of thiazole rings is 1. The van der Waals surface area contributed by atoms with Gasteiger partial charge in [0.2, 0.25) is 0 Å². The average Bonchev–Trinajstić information content (AvgIpc) is 3.10. The predicted octanol–water partition coefficient (Wildman–Crippen LogP) is 5.96. The molecule has 2 aromatic carbocycles. The van der Waals surface area contributed by atoms with Crippen LogP contribution in [0.2, 0.25) is 0 Å². The number of Topliss-reactive ketones (excluding diaryl/α,β-unsaturated/α-hetero) is 1. The molecular weight excluding hydrogens is 398 g/mol. The molecule has 4 rings (SSSR count). The van der Waals surface area contributed by atoms with E-state index in [1.54, 1.807) is 11.3 Å². The van der Waals surface area contributed by atoms with Crippen LogP contribution in [0.25, 0.3) is 21.5 Å². The minimum Gasteiger partial charge on any atom is -0.293 e. The van der Waals surface area contributed by atoms with Gasteiger partial charge in [0.1, 0.15) is 16.2 Å². The highest BCUT2D eigenvalue weighted by Crippen LogP contribution is 2.35. The topological polar surface area (TPSA) is 55.7 Å². The van der Waals surface area contributed by atoms with Crippen molar-refractivity contribution < 1.29 is 4.79 Å². The molecule has 0 amide bonds. The molecule has 2 heterocycles. The first-order chi connectivity index (χ1) is 13.9. The van der Waals surface area contributed by atoms with E-state index in [2.05, 4.69) is 46.4 Å². The second-order valence-electron chi connectivity index (χ2n) is 7.14. The van der Waals surface area contributed by atoms with Crippen LogP contribution in [-0.4, -0.2) is 26.7 Å². The SMILES string of the molecule is Cc1ccc(-c2nnc(SCC(=O)c3ccc(C)c(C)c3)c3nc(C)sc23)cc1. The van der Waals surface area contributed by atoms with E-state index in [9.17, 15) is 4.79 Å². The van der Waals surface area contributed by atoms with Crippen molar-refractivity contribution in [3.8, 4) is 11.3 Å². The second-order valence-corrected chi connectivity index (χ2v) is 9.31. The number of thioether (sulfide) groups is 1. The lowest BCUT2D eigenvalue weighted by atomic mass is 10.0. The number of benzene rings is 2. The molecule has 0 radical (unpaired) electrons. The summed E-state index contributed by atoms with van der Waals surface area (Å²) in [4.78, 5) is 17.3. The molecule has 0 saturated carbocycles. The number of aryl methyl sites for hydroxylation is 4. The van der Waals surface area contributed by atoms with Gasteiger partial charge in [-0.05, 0) is 44.9 Å². The predicted molar refractivity (Wildman–Crippen MR) is 121 cm³/mol. The molecule has 0 saturated heterocycles. The summed E-state index contributed by atoms with van der Waals surface area (Å²) in [6, 6.07) is 14.1. The van der Waals surface area contributed by atoms with E-state index in [4.69, 9.17) is 0 Å². The molecule has 0 spiro atoms. The maximum atomic E-state index is 12.7. The van der Waals surface area contributed by atoms with Gasteiger partial charge in [0.05, 0.1) is 15.5 Å².